The highest BCUT2D eigenvalue weighted by Crippen LogP contribution is 2.36. The third kappa shape index (κ3) is 3.10. The molecule has 1 aliphatic carbocycles. The number of hydrogen-bond acceptors (Lipinski definition) is 1. The van der Waals surface area contributed by atoms with Crippen LogP contribution in [0.25, 0.3) is 16.7 Å². The standard InChI is InChI=1S/C22H25N/c1-4-14-23(5-2)19-15-17(3)20-12-9-13-21(22(20)16-19)18-10-7-6-8-11-18/h6-13,15H,3-5,14,16H2,1-2H3. The number of hydrogen-bond donors (Lipinski definition) is 0. The molecule has 1 heteroatoms. The smallest absolute Gasteiger partial charge is 0.0183 e. The van der Waals surface area contributed by atoms with Crippen LogP contribution in [0.15, 0.2) is 66.9 Å². The van der Waals surface area contributed by atoms with Crippen molar-refractivity contribution in [3.05, 3.63) is 78.0 Å². The van der Waals surface area contributed by atoms with E-state index in [1.54, 1.807) is 0 Å². The first-order valence-corrected chi connectivity index (χ1v) is 8.56. The Bertz CT molecular complexity index is 725. The van der Waals surface area contributed by atoms with E-state index < -0.39 is 0 Å². The summed E-state index contributed by atoms with van der Waals surface area (Å²) in [5, 5.41) is 0. The van der Waals surface area contributed by atoms with Gasteiger partial charge in [0.2, 0.25) is 0 Å². The summed E-state index contributed by atoms with van der Waals surface area (Å²) < 4.78 is 0. The van der Waals surface area contributed by atoms with Crippen molar-refractivity contribution >= 4 is 5.57 Å². The lowest BCUT2D eigenvalue weighted by Gasteiger charge is -2.30. The summed E-state index contributed by atoms with van der Waals surface area (Å²) >= 11 is 0. The molecule has 1 nitrogen and oxygen atoms in total. The largest absolute Gasteiger partial charge is 0.375 e. The Kier molecular flexibility index (Phi) is 4.66. The van der Waals surface area contributed by atoms with E-state index in [2.05, 4.69) is 79.9 Å². The van der Waals surface area contributed by atoms with Crippen LogP contribution in [0.3, 0.4) is 0 Å². The quantitative estimate of drug-likeness (QED) is 0.701. The van der Waals surface area contributed by atoms with E-state index >= 15 is 0 Å². The molecule has 2 aromatic rings. The van der Waals surface area contributed by atoms with Gasteiger partial charge in [0, 0.05) is 25.2 Å². The summed E-state index contributed by atoms with van der Waals surface area (Å²) in [5.74, 6) is 0. The molecule has 0 saturated carbocycles. The molecule has 1 aliphatic rings. The molecule has 0 unspecified atom stereocenters. The lowest BCUT2D eigenvalue weighted by atomic mass is 9.85. The van der Waals surface area contributed by atoms with Crippen molar-refractivity contribution in [3.8, 4) is 11.1 Å². The first kappa shape index (κ1) is 15.6. The third-order valence-electron chi connectivity index (χ3n) is 4.59. The van der Waals surface area contributed by atoms with Crippen molar-refractivity contribution in [2.24, 2.45) is 0 Å². The lowest BCUT2D eigenvalue weighted by Crippen LogP contribution is -2.26. The normalized spacial score (nSPS) is 13.5. The fourth-order valence-electron chi connectivity index (χ4n) is 3.46. The Balaban J connectivity index is 2.04. The Labute approximate surface area is 140 Å². The molecule has 0 fully saturated rings. The highest BCUT2D eigenvalue weighted by atomic mass is 15.1. The van der Waals surface area contributed by atoms with Gasteiger partial charge >= 0.3 is 0 Å². The summed E-state index contributed by atoms with van der Waals surface area (Å²) in [6, 6.07) is 17.3. The van der Waals surface area contributed by atoms with Gasteiger partial charge in [0.1, 0.15) is 0 Å². The van der Waals surface area contributed by atoms with Crippen molar-refractivity contribution in [2.75, 3.05) is 13.1 Å². The monoisotopic (exact) mass is 303 g/mol. The minimum Gasteiger partial charge on any atom is -0.375 e. The second-order valence-corrected chi connectivity index (χ2v) is 6.12. The first-order valence-electron chi connectivity index (χ1n) is 8.56. The number of fused-ring (bicyclic) bond motifs is 1. The van der Waals surface area contributed by atoms with Gasteiger partial charge in [0.05, 0.1) is 0 Å². The van der Waals surface area contributed by atoms with E-state index in [1.807, 2.05) is 0 Å². The van der Waals surface area contributed by atoms with Crippen LogP contribution in [-0.2, 0) is 6.42 Å². The van der Waals surface area contributed by atoms with E-state index in [0.29, 0.717) is 0 Å². The molecule has 0 spiro atoms. The van der Waals surface area contributed by atoms with Gasteiger partial charge in [-0.05, 0) is 47.2 Å². The fraction of sp³-hybridized carbons (Fsp3) is 0.273. The highest BCUT2D eigenvalue weighted by Gasteiger charge is 2.20. The molecule has 0 aromatic heterocycles. The molecular weight excluding hydrogens is 278 g/mol. The minimum atomic E-state index is 0.993. The van der Waals surface area contributed by atoms with Crippen LogP contribution < -0.4 is 0 Å². The maximum absolute atomic E-state index is 4.31. The SMILES string of the molecule is C=C1C=C(N(CC)CCC)Cc2c1cccc2-c1ccccc1. The fourth-order valence-corrected chi connectivity index (χ4v) is 3.46. The average molecular weight is 303 g/mol. The molecule has 0 aliphatic heterocycles. The summed E-state index contributed by atoms with van der Waals surface area (Å²) in [5.41, 5.74) is 7.86. The van der Waals surface area contributed by atoms with Gasteiger partial charge in [-0.15, -0.1) is 0 Å². The van der Waals surface area contributed by atoms with Crippen molar-refractivity contribution in [1.82, 2.24) is 4.90 Å². The Morgan fingerprint density at radius 2 is 1.70 bits per heavy atom. The Morgan fingerprint density at radius 3 is 2.39 bits per heavy atom. The molecule has 0 atom stereocenters. The van der Waals surface area contributed by atoms with Gasteiger partial charge in [0.15, 0.2) is 0 Å². The Hall–Kier alpha value is -2.28. The van der Waals surface area contributed by atoms with Crippen LogP contribution in [0, 0.1) is 0 Å². The maximum atomic E-state index is 4.31. The molecule has 2 aromatic carbocycles. The zero-order valence-electron chi connectivity index (χ0n) is 14.2. The van der Waals surface area contributed by atoms with E-state index in [9.17, 15) is 0 Å². The van der Waals surface area contributed by atoms with Crippen LogP contribution in [0.5, 0.6) is 0 Å². The van der Waals surface area contributed by atoms with Crippen molar-refractivity contribution in [1.29, 1.82) is 0 Å². The molecule has 0 bridgehead atoms. The van der Waals surface area contributed by atoms with Crippen LogP contribution in [0.1, 0.15) is 31.4 Å². The summed E-state index contributed by atoms with van der Waals surface area (Å²) in [6.45, 7) is 10.9. The number of allylic oxidation sites excluding steroid dienone is 3. The van der Waals surface area contributed by atoms with Crippen LogP contribution in [-0.4, -0.2) is 18.0 Å². The average Bonchev–Trinajstić information content (AvgIpc) is 2.60. The first-order chi connectivity index (χ1) is 11.2. The molecule has 23 heavy (non-hydrogen) atoms. The van der Waals surface area contributed by atoms with Gasteiger partial charge in [-0.2, -0.15) is 0 Å². The van der Waals surface area contributed by atoms with Crippen molar-refractivity contribution in [2.45, 2.75) is 26.7 Å². The molecule has 0 saturated heterocycles. The lowest BCUT2D eigenvalue weighted by molar-refractivity contribution is 0.354. The topological polar surface area (TPSA) is 3.24 Å². The zero-order valence-corrected chi connectivity index (χ0v) is 14.2. The van der Waals surface area contributed by atoms with E-state index in [1.165, 1.54) is 34.4 Å². The second kappa shape index (κ2) is 6.87. The van der Waals surface area contributed by atoms with E-state index in [-0.39, 0.29) is 0 Å². The Morgan fingerprint density at radius 1 is 0.957 bits per heavy atom. The summed E-state index contributed by atoms with van der Waals surface area (Å²) in [4.78, 5) is 2.48. The minimum absolute atomic E-state index is 0.993. The number of nitrogens with zero attached hydrogens (tertiary/aromatic N) is 1. The number of benzene rings is 2. The van der Waals surface area contributed by atoms with Crippen molar-refractivity contribution < 1.29 is 0 Å². The molecule has 0 amide bonds. The second-order valence-electron chi connectivity index (χ2n) is 6.12. The number of rotatable bonds is 5. The van der Waals surface area contributed by atoms with Gasteiger partial charge in [-0.25, -0.2) is 0 Å². The van der Waals surface area contributed by atoms with E-state index in [4.69, 9.17) is 0 Å². The molecule has 118 valence electrons. The molecule has 0 heterocycles. The van der Waals surface area contributed by atoms with Gasteiger partial charge in [-0.1, -0.05) is 62.0 Å². The molecule has 3 rings (SSSR count). The summed E-state index contributed by atoms with van der Waals surface area (Å²) in [7, 11) is 0. The molecular formula is C22H25N. The molecule has 0 N–H and O–H groups in total. The van der Waals surface area contributed by atoms with Gasteiger partial charge < -0.3 is 4.90 Å². The highest BCUT2D eigenvalue weighted by molar-refractivity contribution is 5.83. The molecule has 0 radical (unpaired) electrons. The van der Waals surface area contributed by atoms with Gasteiger partial charge in [0.25, 0.3) is 0 Å². The van der Waals surface area contributed by atoms with Gasteiger partial charge in [-0.3, -0.25) is 0 Å². The van der Waals surface area contributed by atoms with Crippen LogP contribution >= 0.6 is 0 Å². The predicted molar refractivity (Wildman–Crippen MR) is 100 cm³/mol. The van der Waals surface area contributed by atoms with Crippen molar-refractivity contribution in [3.63, 3.8) is 0 Å². The van der Waals surface area contributed by atoms with E-state index in [0.717, 1.165) is 25.1 Å². The predicted octanol–water partition coefficient (Wildman–Crippen LogP) is 5.54. The third-order valence-corrected chi connectivity index (χ3v) is 4.59. The zero-order chi connectivity index (χ0) is 16.2. The maximum Gasteiger partial charge on any atom is 0.0183 e. The summed E-state index contributed by atoms with van der Waals surface area (Å²) in [6.07, 6.45) is 4.44. The van der Waals surface area contributed by atoms with Crippen LogP contribution in [0.2, 0.25) is 0 Å². The number of likely N-dealkylation sites (N-methyl/N-ethyl adjacent to an activating group) is 1. The van der Waals surface area contributed by atoms with Crippen LogP contribution in [0.4, 0.5) is 0 Å².